The molecule has 0 saturated carbocycles. The Hall–Kier alpha value is -3.94. The summed E-state index contributed by atoms with van der Waals surface area (Å²) in [7, 11) is 0. The minimum Gasteiger partial charge on any atom is -0.206 e. The molecule has 0 spiro atoms. The second-order valence-electron chi connectivity index (χ2n) is 7.58. The van der Waals surface area contributed by atoms with Crippen LogP contribution in [-0.4, -0.2) is 0 Å². The molecule has 0 aromatic heterocycles. The van der Waals surface area contributed by atoms with E-state index in [0.717, 1.165) is 12.1 Å². The number of halogens is 8. The van der Waals surface area contributed by atoms with Gasteiger partial charge in [0.15, 0.2) is 34.9 Å². The van der Waals surface area contributed by atoms with Gasteiger partial charge in [0.25, 0.3) is 0 Å². The number of benzene rings is 5. The van der Waals surface area contributed by atoms with Gasteiger partial charge >= 0.3 is 0 Å². The summed E-state index contributed by atoms with van der Waals surface area (Å²) in [5.74, 6) is -11.7. The predicted molar refractivity (Wildman–Crippen MR) is 112 cm³/mol. The summed E-state index contributed by atoms with van der Waals surface area (Å²) in [6, 6.07) is 9.97. The van der Waals surface area contributed by atoms with Crippen LogP contribution in [0.25, 0.3) is 43.8 Å². The van der Waals surface area contributed by atoms with Crippen LogP contribution in [0.5, 0.6) is 0 Å². The molecule has 0 aliphatic carbocycles. The molecule has 34 heavy (non-hydrogen) atoms. The summed E-state index contributed by atoms with van der Waals surface area (Å²) in [6.45, 7) is 0. The minimum absolute atomic E-state index is 0.130. The fraction of sp³-hybridized carbons (Fsp3) is 0. The third kappa shape index (κ3) is 3.21. The Labute approximate surface area is 186 Å². The van der Waals surface area contributed by atoms with Crippen molar-refractivity contribution >= 4 is 21.5 Å². The third-order valence-electron chi connectivity index (χ3n) is 5.61. The van der Waals surface area contributed by atoms with Gasteiger partial charge in [-0.2, -0.15) is 0 Å². The van der Waals surface area contributed by atoms with Crippen LogP contribution in [0.2, 0.25) is 0 Å². The summed E-state index contributed by atoms with van der Waals surface area (Å²) >= 11 is 0. The van der Waals surface area contributed by atoms with Gasteiger partial charge in [-0.05, 0) is 58.3 Å². The molecule has 0 bridgehead atoms. The highest BCUT2D eigenvalue weighted by Gasteiger charge is 2.24. The van der Waals surface area contributed by atoms with Crippen molar-refractivity contribution in [3.63, 3.8) is 0 Å². The lowest BCUT2D eigenvalue weighted by Crippen LogP contribution is -1.99. The molecule has 5 aromatic carbocycles. The van der Waals surface area contributed by atoms with Crippen LogP contribution < -0.4 is 0 Å². The van der Waals surface area contributed by atoms with Gasteiger partial charge in [0, 0.05) is 21.9 Å². The molecule has 5 aromatic rings. The zero-order chi connectivity index (χ0) is 24.3. The topological polar surface area (TPSA) is 0 Å². The van der Waals surface area contributed by atoms with Crippen LogP contribution in [0.1, 0.15) is 0 Å². The van der Waals surface area contributed by atoms with Crippen LogP contribution in [0, 0.1) is 46.5 Å². The highest BCUT2D eigenvalue weighted by Crippen LogP contribution is 2.46. The molecule has 0 aliphatic rings. The molecule has 0 unspecified atom stereocenters. The van der Waals surface area contributed by atoms with E-state index >= 15 is 8.78 Å². The Bertz CT molecular complexity index is 1470. The van der Waals surface area contributed by atoms with E-state index in [9.17, 15) is 26.3 Å². The minimum atomic E-state index is -1.74. The number of fused-ring (bicyclic) bond motifs is 2. The molecule has 0 amide bonds. The molecule has 5 rings (SSSR count). The molecule has 0 radical (unpaired) electrons. The second kappa shape index (κ2) is 7.83. The summed E-state index contributed by atoms with van der Waals surface area (Å²) in [5.41, 5.74) is -0.894. The van der Waals surface area contributed by atoms with Crippen molar-refractivity contribution in [1.29, 1.82) is 0 Å². The molecule has 0 aliphatic heterocycles. The van der Waals surface area contributed by atoms with E-state index < -0.39 is 57.3 Å². The first-order chi connectivity index (χ1) is 16.2. The molecule has 0 atom stereocenters. The van der Waals surface area contributed by atoms with Crippen molar-refractivity contribution in [3.05, 3.63) is 107 Å². The Morgan fingerprint density at radius 3 is 1.03 bits per heavy atom. The molecule has 0 N–H and O–H groups in total. The quantitative estimate of drug-likeness (QED) is 0.137. The van der Waals surface area contributed by atoms with Gasteiger partial charge in [-0.1, -0.05) is 24.3 Å². The Morgan fingerprint density at radius 1 is 0.382 bits per heavy atom. The van der Waals surface area contributed by atoms with E-state index in [1.807, 2.05) is 0 Å². The van der Waals surface area contributed by atoms with Crippen LogP contribution in [-0.2, 0) is 0 Å². The van der Waals surface area contributed by atoms with Crippen molar-refractivity contribution in [2.75, 3.05) is 0 Å². The van der Waals surface area contributed by atoms with Crippen molar-refractivity contribution < 1.29 is 35.1 Å². The van der Waals surface area contributed by atoms with E-state index in [4.69, 9.17) is 0 Å². The van der Waals surface area contributed by atoms with Gasteiger partial charge in [-0.25, -0.2) is 35.1 Å². The lowest BCUT2D eigenvalue weighted by molar-refractivity contribution is 0.447. The largest absolute Gasteiger partial charge is 0.206 e. The van der Waals surface area contributed by atoms with Gasteiger partial charge in [-0.3, -0.25) is 0 Å². The average Bonchev–Trinajstić information content (AvgIpc) is 2.81. The maximum atomic E-state index is 15.2. The van der Waals surface area contributed by atoms with Crippen molar-refractivity contribution in [1.82, 2.24) is 0 Å². The third-order valence-corrected chi connectivity index (χ3v) is 5.61. The van der Waals surface area contributed by atoms with Crippen molar-refractivity contribution in [3.8, 4) is 22.3 Å². The zero-order valence-electron chi connectivity index (χ0n) is 16.8. The molecule has 0 fully saturated rings. The van der Waals surface area contributed by atoms with E-state index in [1.54, 1.807) is 0 Å². The van der Waals surface area contributed by atoms with E-state index in [1.165, 1.54) is 24.3 Å². The Balaban J connectivity index is 2.06. The highest BCUT2D eigenvalue weighted by molar-refractivity contribution is 6.21. The predicted octanol–water partition coefficient (Wildman–Crippen LogP) is 8.44. The highest BCUT2D eigenvalue weighted by atomic mass is 19.2. The van der Waals surface area contributed by atoms with Crippen LogP contribution >= 0.6 is 0 Å². The normalized spacial score (nSPS) is 11.5. The lowest BCUT2D eigenvalue weighted by Gasteiger charge is -2.19. The summed E-state index contributed by atoms with van der Waals surface area (Å²) in [5, 5.41) is -0.649. The fourth-order valence-corrected chi connectivity index (χ4v) is 4.23. The van der Waals surface area contributed by atoms with Gasteiger partial charge in [0.1, 0.15) is 11.6 Å². The summed E-state index contributed by atoms with van der Waals surface area (Å²) < 4.78 is 114. The van der Waals surface area contributed by atoms with E-state index in [0.29, 0.717) is 24.3 Å². The van der Waals surface area contributed by atoms with E-state index in [-0.39, 0.29) is 33.0 Å². The van der Waals surface area contributed by atoms with Gasteiger partial charge in [0.05, 0.1) is 0 Å². The number of hydrogen-bond acceptors (Lipinski definition) is 0. The Kier molecular flexibility index (Phi) is 5.04. The fourth-order valence-electron chi connectivity index (χ4n) is 4.23. The molecule has 170 valence electrons. The maximum absolute atomic E-state index is 15.2. The van der Waals surface area contributed by atoms with E-state index in [2.05, 4.69) is 0 Å². The number of hydrogen-bond donors (Lipinski definition) is 0. The second-order valence-corrected chi connectivity index (χ2v) is 7.58. The lowest BCUT2D eigenvalue weighted by atomic mass is 9.85. The molecule has 0 heterocycles. The molecular weight excluding hydrogens is 464 g/mol. The monoisotopic (exact) mass is 474 g/mol. The molecule has 8 heteroatoms. The molecular formula is C26H10F8. The maximum Gasteiger partial charge on any atom is 0.194 e. The van der Waals surface area contributed by atoms with Gasteiger partial charge in [-0.15, -0.1) is 0 Å². The Morgan fingerprint density at radius 2 is 0.706 bits per heavy atom. The van der Waals surface area contributed by atoms with Crippen LogP contribution in [0.4, 0.5) is 35.1 Å². The standard InChI is InChI=1S/C26H10F8/c27-15-5-6-16(28)24-22(12-9-19(31)26(34)20(32)10-12)14-4-2-1-3-13(14)21(23(15)24)11-7-17(29)25(33)18(30)8-11/h1-10H. The van der Waals surface area contributed by atoms with Crippen molar-refractivity contribution in [2.24, 2.45) is 0 Å². The van der Waals surface area contributed by atoms with Gasteiger partial charge < -0.3 is 0 Å². The molecule has 0 saturated heterocycles. The SMILES string of the molecule is Fc1cc(-c2c3ccccc3c(-c3cc(F)c(F)c(F)c3)c3c(F)ccc(F)c23)cc(F)c1F. The first kappa shape index (κ1) is 21.9. The number of rotatable bonds is 2. The smallest absolute Gasteiger partial charge is 0.194 e. The summed E-state index contributed by atoms with van der Waals surface area (Å²) in [6.07, 6.45) is 0. The first-order valence-electron chi connectivity index (χ1n) is 9.81. The first-order valence-corrected chi connectivity index (χ1v) is 9.81. The van der Waals surface area contributed by atoms with Crippen LogP contribution in [0.15, 0.2) is 60.7 Å². The van der Waals surface area contributed by atoms with Crippen LogP contribution in [0.3, 0.4) is 0 Å². The van der Waals surface area contributed by atoms with Gasteiger partial charge in [0.2, 0.25) is 0 Å². The zero-order valence-corrected chi connectivity index (χ0v) is 16.8. The summed E-state index contributed by atoms with van der Waals surface area (Å²) in [4.78, 5) is 0. The van der Waals surface area contributed by atoms with Crippen molar-refractivity contribution in [2.45, 2.75) is 0 Å². The average molecular weight is 474 g/mol. The molecule has 0 nitrogen and oxygen atoms in total.